The molecule has 2 heterocycles. The Morgan fingerprint density at radius 1 is 0.786 bits per heavy atom. The third-order valence-electron chi connectivity index (χ3n) is 5.65. The molecule has 0 radical (unpaired) electrons. The minimum atomic E-state index is -0.0669. The van der Waals surface area contributed by atoms with Crippen molar-refractivity contribution < 1.29 is 9.52 Å². The molecule has 28 heavy (non-hydrogen) atoms. The molecule has 146 valence electrons. The fourth-order valence-electron chi connectivity index (χ4n) is 4.21. The molecule has 1 atom stereocenters. The van der Waals surface area contributed by atoms with Gasteiger partial charge in [-0.1, -0.05) is 60.7 Å². The molecule has 1 N–H and O–H groups in total. The highest BCUT2D eigenvalue weighted by molar-refractivity contribution is 5.32. The van der Waals surface area contributed by atoms with Crippen LogP contribution in [-0.4, -0.2) is 47.7 Å². The number of nitrogens with zero attached hydrogens (tertiary/aromatic N) is 2. The highest BCUT2D eigenvalue weighted by Gasteiger charge is 2.30. The quantitative estimate of drug-likeness (QED) is 0.705. The van der Waals surface area contributed by atoms with Crippen LogP contribution in [0.4, 0.5) is 0 Å². The van der Waals surface area contributed by atoms with E-state index in [1.165, 1.54) is 11.1 Å². The maximum atomic E-state index is 9.96. The van der Waals surface area contributed by atoms with Crippen molar-refractivity contribution in [2.45, 2.75) is 19.0 Å². The lowest BCUT2D eigenvalue weighted by Crippen LogP contribution is -2.49. The van der Waals surface area contributed by atoms with E-state index in [-0.39, 0.29) is 18.7 Å². The Morgan fingerprint density at radius 2 is 1.32 bits per heavy atom. The molecule has 4 nitrogen and oxygen atoms in total. The maximum absolute atomic E-state index is 9.96. The molecule has 1 fully saturated rings. The topological polar surface area (TPSA) is 39.9 Å². The van der Waals surface area contributed by atoms with E-state index < -0.39 is 0 Å². The van der Waals surface area contributed by atoms with E-state index >= 15 is 0 Å². The van der Waals surface area contributed by atoms with Crippen LogP contribution >= 0.6 is 0 Å². The molecule has 0 bridgehead atoms. The summed E-state index contributed by atoms with van der Waals surface area (Å²) < 4.78 is 5.79. The zero-order chi connectivity index (χ0) is 19.3. The van der Waals surface area contributed by atoms with Crippen LogP contribution in [0.2, 0.25) is 0 Å². The van der Waals surface area contributed by atoms with Gasteiger partial charge < -0.3 is 9.52 Å². The molecule has 2 aromatic carbocycles. The third-order valence-corrected chi connectivity index (χ3v) is 5.65. The van der Waals surface area contributed by atoms with Crippen LogP contribution in [0.3, 0.4) is 0 Å². The lowest BCUT2D eigenvalue weighted by molar-refractivity contribution is 0.0443. The fraction of sp³-hybridized carbons (Fsp3) is 0.333. The van der Waals surface area contributed by atoms with Crippen molar-refractivity contribution in [2.75, 3.05) is 32.8 Å². The summed E-state index contributed by atoms with van der Waals surface area (Å²) in [5.74, 6) is 1.75. The summed E-state index contributed by atoms with van der Waals surface area (Å²) in [4.78, 5) is 4.88. The maximum Gasteiger partial charge on any atom is 0.123 e. The van der Waals surface area contributed by atoms with Crippen LogP contribution < -0.4 is 0 Å². The molecule has 1 unspecified atom stereocenters. The van der Waals surface area contributed by atoms with E-state index in [9.17, 15) is 5.11 Å². The highest BCUT2D eigenvalue weighted by atomic mass is 16.3. The van der Waals surface area contributed by atoms with Gasteiger partial charge in [0.15, 0.2) is 0 Å². The average molecular weight is 377 g/mol. The molecular weight excluding hydrogens is 348 g/mol. The zero-order valence-corrected chi connectivity index (χ0v) is 16.4. The number of aliphatic hydroxyl groups excluding tert-OH is 1. The monoisotopic (exact) mass is 376 g/mol. The van der Waals surface area contributed by atoms with Gasteiger partial charge >= 0.3 is 0 Å². The van der Waals surface area contributed by atoms with E-state index in [1.54, 1.807) is 0 Å². The van der Waals surface area contributed by atoms with Crippen molar-refractivity contribution in [3.63, 3.8) is 0 Å². The van der Waals surface area contributed by atoms with Crippen molar-refractivity contribution >= 4 is 0 Å². The van der Waals surface area contributed by atoms with Crippen molar-refractivity contribution in [1.29, 1.82) is 0 Å². The molecule has 0 aliphatic carbocycles. The van der Waals surface area contributed by atoms with Gasteiger partial charge in [-0.3, -0.25) is 9.80 Å². The molecule has 4 rings (SSSR count). The van der Waals surface area contributed by atoms with Crippen LogP contribution in [0, 0.1) is 6.92 Å². The number of hydrogen-bond acceptors (Lipinski definition) is 4. The van der Waals surface area contributed by atoms with Gasteiger partial charge in [0.1, 0.15) is 11.5 Å². The summed E-state index contributed by atoms with van der Waals surface area (Å²) in [7, 11) is 0. The molecule has 1 aliphatic heterocycles. The molecule has 4 heteroatoms. The number of aryl methyl sites for hydroxylation is 1. The SMILES string of the molecule is Cc1ccc(C(CO)N2CCN(C(c3ccccc3)c3ccccc3)CC2)o1. The first kappa shape index (κ1) is 18.9. The summed E-state index contributed by atoms with van der Waals surface area (Å²) >= 11 is 0. The Morgan fingerprint density at radius 3 is 1.79 bits per heavy atom. The number of rotatable bonds is 6. The van der Waals surface area contributed by atoms with Gasteiger partial charge in [-0.2, -0.15) is 0 Å². The van der Waals surface area contributed by atoms with Crippen LogP contribution in [0.5, 0.6) is 0 Å². The largest absolute Gasteiger partial charge is 0.465 e. The predicted octanol–water partition coefficient (Wildman–Crippen LogP) is 4.03. The number of benzene rings is 2. The number of aliphatic hydroxyl groups is 1. The molecule has 0 spiro atoms. The standard InChI is InChI=1S/C24H28N2O2/c1-19-12-13-23(28-19)22(18-27)25-14-16-26(17-15-25)24(20-8-4-2-5-9-20)21-10-6-3-7-11-21/h2-13,22,24,27H,14-18H2,1H3. The van der Waals surface area contributed by atoms with Crippen molar-refractivity contribution in [3.8, 4) is 0 Å². The summed E-state index contributed by atoms with van der Waals surface area (Å²) in [5.41, 5.74) is 2.64. The summed E-state index contributed by atoms with van der Waals surface area (Å²) in [6, 6.07) is 25.6. The van der Waals surface area contributed by atoms with Gasteiger partial charge in [0, 0.05) is 26.2 Å². The first-order valence-corrected chi connectivity index (χ1v) is 10.0. The Kier molecular flexibility index (Phi) is 5.91. The van der Waals surface area contributed by atoms with E-state index in [2.05, 4.69) is 70.5 Å². The Bertz CT molecular complexity index is 815. The highest BCUT2D eigenvalue weighted by Crippen LogP contribution is 2.31. The Hall–Kier alpha value is -2.40. The van der Waals surface area contributed by atoms with Crippen molar-refractivity contribution in [2.24, 2.45) is 0 Å². The first-order valence-electron chi connectivity index (χ1n) is 10.0. The molecule has 1 aromatic heterocycles. The first-order chi connectivity index (χ1) is 13.8. The Labute approximate surface area is 167 Å². The van der Waals surface area contributed by atoms with Crippen molar-refractivity contribution in [3.05, 3.63) is 95.4 Å². The zero-order valence-electron chi connectivity index (χ0n) is 16.4. The minimum absolute atomic E-state index is 0.0669. The Balaban J connectivity index is 1.52. The van der Waals surface area contributed by atoms with Gasteiger partial charge in [-0.05, 0) is 30.2 Å². The second-order valence-corrected chi connectivity index (χ2v) is 7.44. The van der Waals surface area contributed by atoms with E-state index in [1.807, 2.05) is 19.1 Å². The summed E-state index contributed by atoms with van der Waals surface area (Å²) in [6.45, 7) is 5.73. The van der Waals surface area contributed by atoms with E-state index in [0.29, 0.717) is 0 Å². The molecular formula is C24H28N2O2. The smallest absolute Gasteiger partial charge is 0.123 e. The minimum Gasteiger partial charge on any atom is -0.465 e. The van der Waals surface area contributed by atoms with Crippen LogP contribution in [-0.2, 0) is 0 Å². The molecule has 1 aliphatic rings. The molecule has 0 amide bonds. The number of hydrogen-bond donors (Lipinski definition) is 1. The second kappa shape index (κ2) is 8.74. The lowest BCUT2D eigenvalue weighted by Gasteiger charge is -2.41. The number of furan rings is 1. The van der Waals surface area contributed by atoms with Crippen LogP contribution in [0.15, 0.2) is 77.2 Å². The molecule has 0 saturated carbocycles. The fourth-order valence-corrected chi connectivity index (χ4v) is 4.21. The number of piperazine rings is 1. The van der Waals surface area contributed by atoms with Crippen molar-refractivity contribution in [1.82, 2.24) is 9.80 Å². The van der Waals surface area contributed by atoms with E-state index in [0.717, 1.165) is 37.7 Å². The van der Waals surface area contributed by atoms with E-state index in [4.69, 9.17) is 4.42 Å². The summed E-state index contributed by atoms with van der Waals surface area (Å²) in [6.07, 6.45) is 0. The van der Waals surface area contributed by atoms with Gasteiger partial charge in [0.25, 0.3) is 0 Å². The normalized spacial score (nSPS) is 17.1. The summed E-state index contributed by atoms with van der Waals surface area (Å²) in [5, 5.41) is 9.96. The van der Waals surface area contributed by atoms with Crippen LogP contribution in [0.1, 0.15) is 34.7 Å². The molecule has 1 saturated heterocycles. The van der Waals surface area contributed by atoms with Gasteiger partial charge in [0.05, 0.1) is 18.7 Å². The lowest BCUT2D eigenvalue weighted by atomic mass is 9.96. The third kappa shape index (κ3) is 4.04. The van der Waals surface area contributed by atoms with Crippen LogP contribution in [0.25, 0.3) is 0 Å². The second-order valence-electron chi connectivity index (χ2n) is 7.44. The van der Waals surface area contributed by atoms with Gasteiger partial charge in [-0.15, -0.1) is 0 Å². The van der Waals surface area contributed by atoms with Gasteiger partial charge in [0.2, 0.25) is 0 Å². The molecule has 3 aromatic rings. The average Bonchev–Trinajstić information content (AvgIpc) is 3.17. The van der Waals surface area contributed by atoms with Gasteiger partial charge in [-0.25, -0.2) is 0 Å². The predicted molar refractivity (Wildman–Crippen MR) is 111 cm³/mol.